The van der Waals surface area contributed by atoms with E-state index in [1.165, 1.54) is 23.9 Å². The third-order valence-corrected chi connectivity index (χ3v) is 6.24. The summed E-state index contributed by atoms with van der Waals surface area (Å²) >= 11 is 0. The Morgan fingerprint density at radius 2 is 1.87 bits per heavy atom. The van der Waals surface area contributed by atoms with Crippen molar-refractivity contribution in [1.82, 2.24) is 19.8 Å². The van der Waals surface area contributed by atoms with Crippen LogP contribution >= 0.6 is 0 Å². The number of hydrogen-bond acceptors (Lipinski definition) is 10. The SMILES string of the molecule is CNC(=O)CCC(=O)OCc1ccc(C(=O)Nc2ccn([C@@H]3O[C@H](CO)C=C3N3CCOCC3)c(=O)n2)cc1. The average Bonchev–Trinajstić information content (AvgIpc) is 3.40. The molecule has 0 radical (unpaired) electrons. The molecule has 0 unspecified atom stereocenters. The molecule has 2 atom stereocenters. The van der Waals surface area contributed by atoms with Crippen molar-refractivity contribution >= 4 is 23.6 Å². The van der Waals surface area contributed by atoms with Crippen LogP contribution in [-0.2, 0) is 30.4 Å². The van der Waals surface area contributed by atoms with E-state index in [1.807, 2.05) is 0 Å². The topological polar surface area (TPSA) is 161 Å². The van der Waals surface area contributed by atoms with Gasteiger partial charge in [-0.05, 0) is 29.8 Å². The Bertz CT molecular complexity index is 1270. The molecule has 13 heteroatoms. The second kappa shape index (κ2) is 13.1. The quantitative estimate of drug-likeness (QED) is 0.354. The minimum Gasteiger partial charge on any atom is -0.461 e. The molecule has 2 aliphatic rings. The highest BCUT2D eigenvalue weighted by Gasteiger charge is 2.33. The van der Waals surface area contributed by atoms with E-state index in [0.717, 1.165) is 5.70 Å². The van der Waals surface area contributed by atoms with Crippen LogP contribution in [0.5, 0.6) is 0 Å². The van der Waals surface area contributed by atoms with E-state index in [4.69, 9.17) is 14.2 Å². The largest absolute Gasteiger partial charge is 0.461 e. The Kier molecular flexibility index (Phi) is 9.41. The number of morpholine rings is 1. The number of benzene rings is 1. The van der Waals surface area contributed by atoms with E-state index in [9.17, 15) is 24.3 Å². The van der Waals surface area contributed by atoms with E-state index in [-0.39, 0.29) is 37.8 Å². The monoisotopic (exact) mass is 541 g/mol. The zero-order valence-electron chi connectivity index (χ0n) is 21.5. The molecular formula is C26H31N5O8. The highest BCUT2D eigenvalue weighted by Crippen LogP contribution is 2.31. The fourth-order valence-electron chi connectivity index (χ4n) is 4.11. The number of rotatable bonds is 10. The van der Waals surface area contributed by atoms with E-state index in [1.54, 1.807) is 30.3 Å². The van der Waals surface area contributed by atoms with Gasteiger partial charge in [-0.1, -0.05) is 12.1 Å². The lowest BCUT2D eigenvalue weighted by Gasteiger charge is -2.32. The minimum absolute atomic E-state index is 0.00945. The summed E-state index contributed by atoms with van der Waals surface area (Å²) in [4.78, 5) is 54.6. The van der Waals surface area contributed by atoms with Gasteiger partial charge in [0.15, 0.2) is 6.23 Å². The van der Waals surface area contributed by atoms with Gasteiger partial charge in [0.05, 0.1) is 31.9 Å². The normalized spacial score (nSPS) is 18.8. The first kappa shape index (κ1) is 28.0. The van der Waals surface area contributed by atoms with Crippen molar-refractivity contribution in [3.8, 4) is 0 Å². The van der Waals surface area contributed by atoms with Crippen LogP contribution in [0.25, 0.3) is 0 Å². The number of nitrogens with zero attached hydrogens (tertiary/aromatic N) is 3. The molecule has 0 saturated carbocycles. The van der Waals surface area contributed by atoms with E-state index in [0.29, 0.717) is 37.4 Å². The maximum atomic E-state index is 12.9. The number of nitrogens with one attached hydrogen (secondary N) is 2. The molecule has 39 heavy (non-hydrogen) atoms. The molecule has 2 aromatic rings. The van der Waals surface area contributed by atoms with Crippen molar-refractivity contribution in [2.75, 3.05) is 45.3 Å². The summed E-state index contributed by atoms with van der Waals surface area (Å²) in [5.74, 6) is -1.14. The van der Waals surface area contributed by atoms with Gasteiger partial charge in [0.25, 0.3) is 5.91 Å². The van der Waals surface area contributed by atoms with Gasteiger partial charge < -0.3 is 34.9 Å². The number of aliphatic hydroxyl groups is 1. The average molecular weight is 542 g/mol. The molecule has 2 amide bonds. The van der Waals surface area contributed by atoms with Gasteiger partial charge in [-0.15, -0.1) is 0 Å². The van der Waals surface area contributed by atoms with Gasteiger partial charge in [-0.25, -0.2) is 4.79 Å². The predicted octanol–water partition coefficient (Wildman–Crippen LogP) is 0.171. The summed E-state index contributed by atoms with van der Waals surface area (Å²) in [6.45, 7) is 2.17. The Labute approximate surface area is 224 Å². The number of carbonyl (C=O) groups excluding carboxylic acids is 3. The molecule has 1 saturated heterocycles. The highest BCUT2D eigenvalue weighted by atomic mass is 16.5. The smallest absolute Gasteiger partial charge is 0.351 e. The third-order valence-electron chi connectivity index (χ3n) is 6.24. The molecule has 3 N–H and O–H groups in total. The summed E-state index contributed by atoms with van der Waals surface area (Å²) in [7, 11) is 1.49. The van der Waals surface area contributed by atoms with Crippen LogP contribution in [-0.4, -0.2) is 83.4 Å². The minimum atomic E-state index is -0.754. The number of aliphatic hydroxyl groups excluding tert-OH is 1. The first-order valence-corrected chi connectivity index (χ1v) is 12.5. The third kappa shape index (κ3) is 7.28. The number of carbonyl (C=O) groups is 3. The van der Waals surface area contributed by atoms with E-state index in [2.05, 4.69) is 20.5 Å². The van der Waals surface area contributed by atoms with Crippen LogP contribution < -0.4 is 16.3 Å². The first-order chi connectivity index (χ1) is 18.9. The van der Waals surface area contributed by atoms with E-state index < -0.39 is 29.9 Å². The molecule has 1 fully saturated rings. The number of hydrogen-bond donors (Lipinski definition) is 3. The number of ether oxygens (including phenoxy) is 3. The van der Waals surface area contributed by atoms with E-state index >= 15 is 0 Å². The molecule has 0 bridgehead atoms. The van der Waals surface area contributed by atoms with Crippen LogP contribution in [0.2, 0.25) is 0 Å². The molecule has 208 valence electrons. The summed E-state index contributed by atoms with van der Waals surface area (Å²) in [5, 5.41) is 14.6. The van der Waals surface area contributed by atoms with Crippen molar-refractivity contribution in [3.63, 3.8) is 0 Å². The summed E-state index contributed by atoms with van der Waals surface area (Å²) in [6.07, 6.45) is 2.02. The van der Waals surface area contributed by atoms with Crippen LogP contribution in [0, 0.1) is 0 Å². The molecule has 2 aliphatic heterocycles. The lowest BCUT2D eigenvalue weighted by atomic mass is 10.1. The maximum absolute atomic E-state index is 12.9. The van der Waals surface area contributed by atoms with Crippen molar-refractivity contribution in [1.29, 1.82) is 0 Å². The summed E-state index contributed by atoms with van der Waals surface area (Å²) < 4.78 is 17.7. The Hall–Kier alpha value is -4.07. The summed E-state index contributed by atoms with van der Waals surface area (Å²) in [5.41, 5.74) is 1.12. The predicted molar refractivity (Wildman–Crippen MR) is 137 cm³/mol. The first-order valence-electron chi connectivity index (χ1n) is 12.5. The van der Waals surface area contributed by atoms with Gasteiger partial charge in [-0.2, -0.15) is 4.98 Å². The van der Waals surface area contributed by atoms with Gasteiger partial charge in [0.1, 0.15) is 18.5 Å². The number of anilines is 1. The van der Waals surface area contributed by atoms with Gasteiger partial charge in [0.2, 0.25) is 5.91 Å². The van der Waals surface area contributed by atoms with Gasteiger partial charge in [-0.3, -0.25) is 19.0 Å². The second-order valence-electron chi connectivity index (χ2n) is 8.89. The van der Waals surface area contributed by atoms with Gasteiger partial charge in [0, 0.05) is 38.3 Å². The van der Waals surface area contributed by atoms with Gasteiger partial charge >= 0.3 is 11.7 Å². The Balaban J connectivity index is 1.35. The van der Waals surface area contributed by atoms with Crippen molar-refractivity contribution in [2.24, 2.45) is 0 Å². The summed E-state index contributed by atoms with van der Waals surface area (Å²) in [6, 6.07) is 7.90. The zero-order chi connectivity index (χ0) is 27.8. The fraction of sp³-hybridized carbons (Fsp3) is 0.423. The standard InChI is InChI=1S/C26H31N5O8/c1-27-22(33)6-7-23(34)38-16-17-2-4-18(5-3-17)24(35)28-21-8-9-31(26(36)29-21)25-20(14-19(15-32)39-25)30-10-12-37-13-11-30/h2-5,8-9,14,19,25,32H,6-7,10-13,15-16H2,1H3,(H,27,33)(H,28,29,35,36)/t19-,25+/m0/s1. The fourth-order valence-corrected chi connectivity index (χ4v) is 4.11. The Morgan fingerprint density at radius 1 is 1.13 bits per heavy atom. The van der Waals surface area contributed by atoms with Crippen LogP contribution in [0.15, 0.2) is 53.1 Å². The number of amides is 2. The molecule has 1 aromatic carbocycles. The lowest BCUT2D eigenvalue weighted by Crippen LogP contribution is -2.39. The molecule has 0 spiro atoms. The highest BCUT2D eigenvalue weighted by molar-refractivity contribution is 6.03. The zero-order valence-corrected chi connectivity index (χ0v) is 21.5. The number of aromatic nitrogens is 2. The van der Waals surface area contributed by atoms with Crippen LogP contribution in [0.4, 0.5) is 5.82 Å². The van der Waals surface area contributed by atoms with Crippen molar-refractivity contribution in [2.45, 2.75) is 31.8 Å². The maximum Gasteiger partial charge on any atom is 0.351 e. The molecule has 3 heterocycles. The van der Waals surface area contributed by atoms with Crippen molar-refractivity contribution < 1.29 is 33.7 Å². The number of esters is 1. The molecule has 13 nitrogen and oxygen atoms in total. The molecule has 0 aliphatic carbocycles. The molecule has 4 rings (SSSR count). The van der Waals surface area contributed by atoms with Crippen LogP contribution in [0.3, 0.4) is 0 Å². The molecular weight excluding hydrogens is 510 g/mol. The second-order valence-corrected chi connectivity index (χ2v) is 8.89. The van der Waals surface area contributed by atoms with Crippen LogP contribution in [0.1, 0.15) is 35.0 Å². The lowest BCUT2D eigenvalue weighted by molar-refractivity contribution is -0.146. The molecule has 1 aromatic heterocycles. The van der Waals surface area contributed by atoms with Crippen molar-refractivity contribution in [3.05, 3.63) is 69.9 Å². The Morgan fingerprint density at radius 3 is 2.54 bits per heavy atom.